The van der Waals surface area contributed by atoms with Crippen molar-refractivity contribution in [2.75, 3.05) is 6.54 Å². The van der Waals surface area contributed by atoms with Gasteiger partial charge >= 0.3 is 0 Å². The largest absolute Gasteiger partial charge is 0.345 e. The van der Waals surface area contributed by atoms with Crippen LogP contribution in [0.3, 0.4) is 0 Å². The summed E-state index contributed by atoms with van der Waals surface area (Å²) in [6.07, 6.45) is 0. The number of quaternary nitrogens is 1. The second-order valence-corrected chi connectivity index (χ2v) is 6.96. The number of halogens is 1. The highest BCUT2D eigenvalue weighted by atomic mass is 35.5. The molecule has 27 heavy (non-hydrogen) atoms. The van der Waals surface area contributed by atoms with Crippen LogP contribution in [0.25, 0.3) is 0 Å². The lowest BCUT2D eigenvalue weighted by molar-refractivity contribution is -0.676. The van der Waals surface area contributed by atoms with Gasteiger partial charge in [-0.2, -0.15) is 0 Å². The predicted octanol–water partition coefficient (Wildman–Crippen LogP) is 3.87. The zero-order chi connectivity index (χ0) is 19.1. The summed E-state index contributed by atoms with van der Waals surface area (Å²) in [6, 6.07) is 28.0. The topological polar surface area (TPSA) is 45.7 Å². The van der Waals surface area contributed by atoms with Gasteiger partial charge in [0.2, 0.25) is 0 Å². The number of hydrogen-bond acceptors (Lipinski definition) is 1. The molecule has 3 N–H and O–H groups in total. The van der Waals surface area contributed by atoms with E-state index in [1.807, 2.05) is 67.6 Å². The van der Waals surface area contributed by atoms with Crippen molar-refractivity contribution in [1.82, 2.24) is 5.32 Å². The molecule has 1 amide bonds. The highest BCUT2D eigenvalue weighted by molar-refractivity contribution is 6.31. The Morgan fingerprint density at radius 2 is 1.41 bits per heavy atom. The van der Waals surface area contributed by atoms with Crippen molar-refractivity contribution >= 4 is 17.5 Å². The van der Waals surface area contributed by atoms with Gasteiger partial charge in [-0.15, -0.1) is 0 Å². The Kier molecular flexibility index (Phi) is 6.64. The van der Waals surface area contributed by atoms with E-state index in [-0.39, 0.29) is 18.0 Å². The van der Waals surface area contributed by atoms with E-state index in [0.29, 0.717) is 11.6 Å². The Balaban J connectivity index is 1.67. The van der Waals surface area contributed by atoms with Crippen LogP contribution in [0.1, 0.15) is 35.7 Å². The number of rotatable bonds is 7. The van der Waals surface area contributed by atoms with Gasteiger partial charge in [-0.1, -0.05) is 90.5 Å². The van der Waals surface area contributed by atoms with Crippen LogP contribution in [0, 0.1) is 0 Å². The number of hydrogen-bond donors (Lipinski definition) is 2. The minimum atomic E-state index is -0.133. The summed E-state index contributed by atoms with van der Waals surface area (Å²) in [6.45, 7) is 2.29. The Bertz CT molecular complexity index is 828. The molecule has 0 heterocycles. The molecule has 4 heteroatoms. The van der Waals surface area contributed by atoms with Crippen LogP contribution in [0.15, 0.2) is 84.9 Å². The van der Waals surface area contributed by atoms with E-state index in [9.17, 15) is 4.79 Å². The van der Waals surface area contributed by atoms with Crippen molar-refractivity contribution in [3.8, 4) is 0 Å². The normalized spacial score (nSPS) is 12.0. The molecule has 0 bridgehead atoms. The van der Waals surface area contributed by atoms with Crippen LogP contribution < -0.4 is 10.6 Å². The lowest BCUT2D eigenvalue weighted by Crippen LogP contribution is -2.87. The molecule has 1 atom stereocenters. The standard InChI is InChI=1S/C23H23ClN2O/c1-17(20-14-8-9-15-21(20)24)26-22(27)16-25-23(18-10-4-2-5-11-18)19-12-6-3-7-13-19/h2-15,17,23,25H,16H2,1H3,(H,26,27)/p+1/t17-/m1/s1. The molecule has 3 rings (SSSR count). The molecule has 0 aliphatic rings. The van der Waals surface area contributed by atoms with Crippen LogP contribution >= 0.6 is 11.6 Å². The molecule has 3 aromatic carbocycles. The first-order valence-electron chi connectivity index (χ1n) is 9.12. The summed E-state index contributed by atoms with van der Waals surface area (Å²) in [4.78, 5) is 12.5. The van der Waals surface area contributed by atoms with Crippen LogP contribution in [-0.2, 0) is 4.79 Å². The summed E-state index contributed by atoms with van der Waals surface area (Å²) < 4.78 is 0. The van der Waals surface area contributed by atoms with E-state index in [2.05, 4.69) is 34.9 Å². The van der Waals surface area contributed by atoms with E-state index in [4.69, 9.17) is 11.6 Å². The highest BCUT2D eigenvalue weighted by Gasteiger charge is 2.20. The van der Waals surface area contributed by atoms with E-state index in [1.165, 1.54) is 11.1 Å². The zero-order valence-electron chi connectivity index (χ0n) is 15.3. The lowest BCUT2D eigenvalue weighted by Gasteiger charge is -2.18. The second kappa shape index (κ2) is 9.36. The summed E-state index contributed by atoms with van der Waals surface area (Å²) >= 11 is 6.23. The quantitative estimate of drug-likeness (QED) is 0.643. The molecular formula is C23H24ClN2O+. The highest BCUT2D eigenvalue weighted by Crippen LogP contribution is 2.22. The molecule has 0 aliphatic carbocycles. The number of nitrogens with one attached hydrogen (secondary N) is 1. The van der Waals surface area contributed by atoms with Gasteiger partial charge in [-0.05, 0) is 18.6 Å². The SMILES string of the molecule is C[C@@H](NC(=O)C[NH2+]C(c1ccccc1)c1ccccc1)c1ccccc1Cl. The maximum atomic E-state index is 12.5. The van der Waals surface area contributed by atoms with Crippen LogP contribution in [0.5, 0.6) is 0 Å². The maximum absolute atomic E-state index is 12.5. The lowest BCUT2D eigenvalue weighted by atomic mass is 9.99. The third-order valence-electron chi connectivity index (χ3n) is 4.61. The van der Waals surface area contributed by atoms with Gasteiger partial charge in [0.1, 0.15) is 6.04 Å². The first-order chi connectivity index (χ1) is 13.1. The maximum Gasteiger partial charge on any atom is 0.275 e. The Morgan fingerprint density at radius 1 is 0.889 bits per heavy atom. The summed E-state index contributed by atoms with van der Waals surface area (Å²) in [7, 11) is 0. The van der Waals surface area contributed by atoms with Gasteiger partial charge < -0.3 is 10.6 Å². The fourth-order valence-corrected chi connectivity index (χ4v) is 3.51. The molecule has 0 radical (unpaired) electrons. The molecule has 0 aromatic heterocycles. The van der Waals surface area contributed by atoms with Crippen molar-refractivity contribution in [1.29, 1.82) is 0 Å². The third-order valence-corrected chi connectivity index (χ3v) is 4.95. The average Bonchev–Trinajstić information content (AvgIpc) is 2.70. The minimum absolute atomic E-state index is 0.0146. The first kappa shape index (κ1) is 19.2. The molecule has 0 unspecified atom stereocenters. The number of nitrogens with two attached hydrogens (primary N) is 1. The van der Waals surface area contributed by atoms with Crippen molar-refractivity contribution in [2.45, 2.75) is 19.0 Å². The molecular weight excluding hydrogens is 356 g/mol. The number of carbonyl (C=O) groups excluding carboxylic acids is 1. The van der Waals surface area contributed by atoms with Gasteiger partial charge in [0.15, 0.2) is 6.54 Å². The molecule has 0 saturated carbocycles. The zero-order valence-corrected chi connectivity index (χ0v) is 16.1. The fraction of sp³-hybridized carbons (Fsp3) is 0.174. The first-order valence-corrected chi connectivity index (χ1v) is 9.50. The predicted molar refractivity (Wildman–Crippen MR) is 110 cm³/mol. The molecule has 3 nitrogen and oxygen atoms in total. The van der Waals surface area contributed by atoms with Gasteiger partial charge in [0.05, 0.1) is 6.04 Å². The Labute approximate surface area is 165 Å². The third kappa shape index (κ3) is 5.19. The van der Waals surface area contributed by atoms with E-state index >= 15 is 0 Å². The molecule has 0 fully saturated rings. The summed E-state index contributed by atoms with van der Waals surface area (Å²) in [5.74, 6) is -0.0146. The minimum Gasteiger partial charge on any atom is -0.345 e. The second-order valence-electron chi connectivity index (χ2n) is 6.55. The Hall–Kier alpha value is -2.62. The van der Waals surface area contributed by atoms with Gasteiger partial charge in [0, 0.05) is 16.1 Å². The van der Waals surface area contributed by atoms with Crippen LogP contribution in [0.4, 0.5) is 0 Å². The Morgan fingerprint density at radius 3 is 1.96 bits per heavy atom. The van der Waals surface area contributed by atoms with Crippen LogP contribution in [0.2, 0.25) is 5.02 Å². The molecule has 0 aliphatic heterocycles. The van der Waals surface area contributed by atoms with Crippen molar-refractivity contribution in [3.63, 3.8) is 0 Å². The summed E-state index contributed by atoms with van der Waals surface area (Å²) in [5.41, 5.74) is 3.28. The van der Waals surface area contributed by atoms with Gasteiger partial charge in [-0.25, -0.2) is 0 Å². The van der Waals surface area contributed by atoms with Crippen molar-refractivity contribution in [3.05, 3.63) is 107 Å². The molecule has 0 saturated heterocycles. The molecule has 3 aromatic rings. The fourth-order valence-electron chi connectivity index (χ4n) is 3.21. The van der Waals surface area contributed by atoms with E-state index in [0.717, 1.165) is 5.56 Å². The van der Waals surface area contributed by atoms with E-state index < -0.39 is 0 Å². The van der Waals surface area contributed by atoms with Crippen molar-refractivity contribution in [2.24, 2.45) is 0 Å². The molecule has 0 spiro atoms. The number of amides is 1. The number of benzene rings is 3. The van der Waals surface area contributed by atoms with Gasteiger partial charge in [0.25, 0.3) is 5.91 Å². The van der Waals surface area contributed by atoms with Crippen LogP contribution in [-0.4, -0.2) is 12.5 Å². The molecule has 138 valence electrons. The average molecular weight is 380 g/mol. The monoisotopic (exact) mass is 379 g/mol. The van der Waals surface area contributed by atoms with Gasteiger partial charge in [-0.3, -0.25) is 4.79 Å². The smallest absolute Gasteiger partial charge is 0.275 e. The summed E-state index contributed by atoms with van der Waals surface area (Å²) in [5, 5.41) is 5.78. The van der Waals surface area contributed by atoms with Crippen molar-refractivity contribution < 1.29 is 10.1 Å². The van der Waals surface area contributed by atoms with E-state index in [1.54, 1.807) is 0 Å². The number of carbonyl (C=O) groups is 1.